The van der Waals surface area contributed by atoms with E-state index in [9.17, 15) is 45.3 Å². The van der Waals surface area contributed by atoms with Crippen molar-refractivity contribution in [1.82, 2.24) is 0 Å². The molecule has 0 saturated carbocycles. The summed E-state index contributed by atoms with van der Waals surface area (Å²) in [6, 6.07) is 0. The summed E-state index contributed by atoms with van der Waals surface area (Å²) in [5.41, 5.74) is 0. The lowest BCUT2D eigenvalue weighted by Crippen LogP contribution is -2.61. The summed E-state index contributed by atoms with van der Waals surface area (Å²) in [6.45, 7) is 1.99. The van der Waals surface area contributed by atoms with Crippen LogP contribution in [-0.4, -0.2) is 142 Å². The van der Waals surface area contributed by atoms with Gasteiger partial charge < -0.3 is 64.2 Å². The quantitative estimate of drug-likeness (QED) is 0.0333. The molecule has 0 amide bonds. The molecule has 59 heavy (non-hydrogen) atoms. The van der Waals surface area contributed by atoms with Crippen molar-refractivity contribution in [2.75, 3.05) is 26.4 Å². The van der Waals surface area contributed by atoms with E-state index in [-0.39, 0.29) is 26.1 Å². The van der Waals surface area contributed by atoms with E-state index in [2.05, 4.69) is 6.92 Å². The molecule has 2 aliphatic heterocycles. The van der Waals surface area contributed by atoms with Crippen molar-refractivity contribution in [3.63, 3.8) is 0 Å². The Balaban J connectivity index is 1.59. The molecule has 2 heterocycles. The van der Waals surface area contributed by atoms with Crippen LogP contribution in [0.15, 0.2) is 0 Å². The molecule has 11 atom stereocenters. The van der Waals surface area contributed by atoms with Gasteiger partial charge in [0, 0.05) is 12.8 Å². The summed E-state index contributed by atoms with van der Waals surface area (Å²) in [5.74, 6) is -1.01. The number of ether oxygens (including phenoxy) is 6. The first-order valence-corrected chi connectivity index (χ1v) is 23.1. The minimum Gasteiger partial charge on any atom is -0.462 e. The van der Waals surface area contributed by atoms with Crippen LogP contribution in [0.3, 0.4) is 0 Å². The Morgan fingerprint density at radius 1 is 0.492 bits per heavy atom. The Bertz CT molecular complexity index is 1050. The van der Waals surface area contributed by atoms with Crippen molar-refractivity contribution in [1.29, 1.82) is 0 Å². The van der Waals surface area contributed by atoms with Gasteiger partial charge in [-0.3, -0.25) is 9.59 Å². The van der Waals surface area contributed by atoms with Crippen LogP contribution in [0.4, 0.5) is 0 Å². The fraction of sp³-hybridized carbons (Fsp3) is 0.955. The highest BCUT2D eigenvalue weighted by molar-refractivity contribution is 5.70. The number of carbonyl (C=O) groups is 2. The predicted octanol–water partition coefficient (Wildman–Crippen LogP) is 4.87. The maximum Gasteiger partial charge on any atom is 0.306 e. The van der Waals surface area contributed by atoms with E-state index < -0.39 is 92.7 Å². The second kappa shape index (κ2) is 33.1. The minimum atomic E-state index is -1.75. The van der Waals surface area contributed by atoms with Crippen molar-refractivity contribution in [3.8, 4) is 0 Å². The van der Waals surface area contributed by atoms with Gasteiger partial charge in [-0.2, -0.15) is 0 Å². The average Bonchev–Trinajstić information content (AvgIpc) is 3.23. The molecule has 0 aromatic heterocycles. The molecule has 11 unspecified atom stereocenters. The van der Waals surface area contributed by atoms with Crippen LogP contribution in [-0.2, 0) is 38.0 Å². The van der Waals surface area contributed by atoms with Crippen LogP contribution in [0.5, 0.6) is 0 Å². The molecule has 0 aromatic rings. The van der Waals surface area contributed by atoms with Crippen molar-refractivity contribution in [2.45, 2.75) is 242 Å². The first-order valence-electron chi connectivity index (χ1n) is 23.1. The van der Waals surface area contributed by atoms with E-state index in [0.717, 1.165) is 19.3 Å². The zero-order valence-corrected chi connectivity index (χ0v) is 36.3. The summed E-state index contributed by atoms with van der Waals surface area (Å²) in [7, 11) is 0. The molecule has 0 aromatic carbocycles. The van der Waals surface area contributed by atoms with Gasteiger partial charge in [0.2, 0.25) is 0 Å². The molecule has 0 spiro atoms. The number of aliphatic hydroxyl groups is 7. The summed E-state index contributed by atoms with van der Waals surface area (Å²) in [4.78, 5) is 24.6. The smallest absolute Gasteiger partial charge is 0.306 e. The molecule has 0 aliphatic carbocycles. The summed E-state index contributed by atoms with van der Waals surface area (Å²) in [6.07, 6.45) is 12.9. The number of carbonyl (C=O) groups excluding carboxylic acids is 2. The summed E-state index contributed by atoms with van der Waals surface area (Å²) < 4.78 is 32.8. The van der Waals surface area contributed by atoms with Crippen LogP contribution in [0, 0.1) is 0 Å². The van der Waals surface area contributed by atoms with Gasteiger partial charge in [0.15, 0.2) is 18.7 Å². The number of aliphatic hydroxyl groups excluding tert-OH is 7. The van der Waals surface area contributed by atoms with Crippen molar-refractivity contribution in [2.24, 2.45) is 0 Å². The number of hydrogen-bond acceptors (Lipinski definition) is 15. The average molecular weight is 851 g/mol. The first-order chi connectivity index (χ1) is 28.5. The van der Waals surface area contributed by atoms with Crippen molar-refractivity contribution >= 4 is 11.9 Å². The van der Waals surface area contributed by atoms with Gasteiger partial charge in [-0.1, -0.05) is 155 Å². The second-order valence-corrected chi connectivity index (χ2v) is 16.6. The molecule has 7 N–H and O–H groups in total. The van der Waals surface area contributed by atoms with Crippen molar-refractivity contribution < 1.29 is 73.8 Å². The van der Waals surface area contributed by atoms with Crippen LogP contribution in [0.2, 0.25) is 0 Å². The monoisotopic (exact) mass is 851 g/mol. The third kappa shape index (κ3) is 22.4. The normalized spacial score (nSPS) is 27.7. The number of unbranched alkanes of at least 4 members (excludes halogenated alkanes) is 22. The molecule has 2 fully saturated rings. The molecule has 0 bridgehead atoms. The van der Waals surface area contributed by atoms with E-state index in [1.165, 1.54) is 122 Å². The third-order valence-corrected chi connectivity index (χ3v) is 11.4. The molecule has 2 rings (SSSR count). The number of esters is 2. The van der Waals surface area contributed by atoms with Gasteiger partial charge in [-0.15, -0.1) is 0 Å². The summed E-state index contributed by atoms with van der Waals surface area (Å²) >= 11 is 0. The lowest BCUT2D eigenvalue weighted by Gasteiger charge is -2.42. The van der Waals surface area contributed by atoms with Gasteiger partial charge in [0.1, 0.15) is 55.4 Å². The van der Waals surface area contributed by atoms with E-state index >= 15 is 0 Å². The molecular formula is C44H82O15. The lowest BCUT2D eigenvalue weighted by atomic mass is 9.98. The molecule has 348 valence electrons. The number of hydrogen-bond donors (Lipinski definition) is 7. The maximum atomic E-state index is 12.7. The maximum absolute atomic E-state index is 12.7. The topological polar surface area (TPSA) is 231 Å². The van der Waals surface area contributed by atoms with Gasteiger partial charge in [-0.25, -0.2) is 0 Å². The molecule has 2 aliphatic rings. The Labute approximate surface area is 353 Å². The molecule has 15 heteroatoms. The highest BCUT2D eigenvalue weighted by atomic mass is 16.7. The highest BCUT2D eigenvalue weighted by Crippen LogP contribution is 2.26. The fourth-order valence-electron chi connectivity index (χ4n) is 7.49. The van der Waals surface area contributed by atoms with E-state index in [1.807, 2.05) is 0 Å². The van der Waals surface area contributed by atoms with E-state index in [0.29, 0.717) is 6.42 Å². The minimum absolute atomic E-state index is 0.103. The Morgan fingerprint density at radius 3 is 1.34 bits per heavy atom. The van der Waals surface area contributed by atoms with Crippen molar-refractivity contribution in [3.05, 3.63) is 0 Å². The van der Waals surface area contributed by atoms with Crippen LogP contribution in [0.1, 0.15) is 174 Å². The van der Waals surface area contributed by atoms with Crippen LogP contribution >= 0.6 is 0 Å². The lowest BCUT2D eigenvalue weighted by molar-refractivity contribution is -0.332. The Morgan fingerprint density at radius 2 is 0.898 bits per heavy atom. The van der Waals surface area contributed by atoms with E-state index in [1.54, 1.807) is 6.92 Å². The van der Waals surface area contributed by atoms with Gasteiger partial charge in [0.05, 0.1) is 19.8 Å². The molecule has 0 radical (unpaired) electrons. The Hall–Kier alpha value is -1.50. The fourth-order valence-corrected chi connectivity index (χ4v) is 7.49. The first kappa shape index (κ1) is 53.6. The zero-order valence-electron chi connectivity index (χ0n) is 36.3. The predicted molar refractivity (Wildman–Crippen MR) is 220 cm³/mol. The largest absolute Gasteiger partial charge is 0.462 e. The molecule has 15 nitrogen and oxygen atoms in total. The van der Waals surface area contributed by atoms with Gasteiger partial charge >= 0.3 is 11.9 Å². The van der Waals surface area contributed by atoms with E-state index in [4.69, 9.17) is 28.4 Å². The zero-order chi connectivity index (χ0) is 43.3. The molecule has 2 saturated heterocycles. The van der Waals surface area contributed by atoms with Gasteiger partial charge in [-0.05, 0) is 6.42 Å². The SMILES string of the molecule is CCCCCCCCCCCCCCCCCCCCCCCCCC(=O)OC(COC(=O)CC)COC1OC(COC2OC(CO)C(O)C(O)C2O)C(O)C(O)C1O. The number of rotatable bonds is 35. The molecular weight excluding hydrogens is 768 g/mol. The standard InChI is InChI=1S/C44H82O15/c1-3-5-6-7-8-9-10-11-12-13-14-15-16-17-18-19-20-21-22-23-24-25-26-27-36(47)57-32(29-54-35(46)4-2)30-55-43-42(53)40(51)38(49)34(59-43)31-56-44-41(52)39(50)37(48)33(28-45)58-44/h32-34,37-45,48-53H,3-31H2,1-2H3. The Kier molecular flexibility index (Phi) is 30.1. The van der Waals surface area contributed by atoms with Crippen LogP contribution in [0.25, 0.3) is 0 Å². The van der Waals surface area contributed by atoms with Crippen LogP contribution < -0.4 is 0 Å². The third-order valence-electron chi connectivity index (χ3n) is 11.4. The van der Waals surface area contributed by atoms with Gasteiger partial charge in [0.25, 0.3) is 0 Å². The summed E-state index contributed by atoms with van der Waals surface area (Å²) in [5, 5.41) is 71.2. The highest BCUT2D eigenvalue weighted by Gasteiger charge is 2.47. The second-order valence-electron chi connectivity index (χ2n) is 16.6.